The van der Waals surface area contributed by atoms with Crippen molar-refractivity contribution >= 4 is 27.5 Å². The highest BCUT2D eigenvalue weighted by Gasteiger charge is 2.26. The second-order valence-corrected chi connectivity index (χ2v) is 6.38. The van der Waals surface area contributed by atoms with Crippen molar-refractivity contribution in [2.45, 2.75) is 13.3 Å². The van der Waals surface area contributed by atoms with Crippen molar-refractivity contribution in [1.29, 1.82) is 0 Å². The molecule has 2 rings (SSSR count). The lowest BCUT2D eigenvalue weighted by Gasteiger charge is -2.36. The summed E-state index contributed by atoms with van der Waals surface area (Å²) in [5.74, 6) is 1.19. The van der Waals surface area contributed by atoms with E-state index in [0.29, 0.717) is 24.9 Å². The van der Waals surface area contributed by atoms with Gasteiger partial charge in [0.15, 0.2) is 0 Å². The molecule has 0 radical (unpaired) electrons. The number of piperidine rings is 1. The van der Waals surface area contributed by atoms with Gasteiger partial charge in [-0.25, -0.2) is 0 Å². The Morgan fingerprint density at radius 2 is 2.25 bits per heavy atom. The van der Waals surface area contributed by atoms with Crippen LogP contribution in [-0.2, 0) is 4.79 Å². The van der Waals surface area contributed by atoms with E-state index >= 15 is 0 Å². The van der Waals surface area contributed by atoms with Gasteiger partial charge in [-0.2, -0.15) is 0 Å². The fourth-order valence-electron chi connectivity index (χ4n) is 2.63. The van der Waals surface area contributed by atoms with E-state index in [1.54, 1.807) is 0 Å². The van der Waals surface area contributed by atoms with Gasteiger partial charge in [0.1, 0.15) is 0 Å². The van der Waals surface area contributed by atoms with Gasteiger partial charge in [0.25, 0.3) is 0 Å². The van der Waals surface area contributed by atoms with E-state index in [1.807, 2.05) is 24.3 Å². The van der Waals surface area contributed by atoms with Gasteiger partial charge in [0, 0.05) is 11.0 Å². The van der Waals surface area contributed by atoms with Gasteiger partial charge in [-0.1, -0.05) is 19.1 Å². The first-order chi connectivity index (χ1) is 9.60. The molecule has 4 nitrogen and oxygen atoms in total. The summed E-state index contributed by atoms with van der Waals surface area (Å²) in [6.07, 6.45) is 1.12. The highest BCUT2D eigenvalue weighted by Crippen LogP contribution is 2.23. The summed E-state index contributed by atoms with van der Waals surface area (Å²) in [6, 6.07) is 7.65. The highest BCUT2D eigenvalue weighted by atomic mass is 79.9. The zero-order valence-electron chi connectivity index (χ0n) is 11.8. The van der Waals surface area contributed by atoms with Crippen LogP contribution in [0.5, 0.6) is 0 Å². The fraction of sp³-hybridized carbons (Fsp3) is 0.533. The molecule has 1 aliphatic rings. The number of rotatable bonds is 4. The van der Waals surface area contributed by atoms with Crippen molar-refractivity contribution in [3.63, 3.8) is 0 Å². The number of likely N-dealkylation sites (tertiary alicyclic amines) is 1. The monoisotopic (exact) mass is 339 g/mol. The number of nitrogens with two attached hydrogens (primary N) is 1. The number of amides is 1. The lowest BCUT2D eigenvalue weighted by atomic mass is 9.87. The molecule has 1 aromatic carbocycles. The Bertz CT molecular complexity index is 466. The molecule has 110 valence electrons. The lowest BCUT2D eigenvalue weighted by Crippen LogP contribution is -2.45. The van der Waals surface area contributed by atoms with Crippen molar-refractivity contribution in [3.8, 4) is 0 Å². The quantitative estimate of drug-likeness (QED) is 0.884. The zero-order valence-corrected chi connectivity index (χ0v) is 13.4. The molecule has 0 spiro atoms. The normalized spacial score (nSPS) is 23.6. The number of para-hydroxylation sites is 1. The van der Waals surface area contributed by atoms with Crippen LogP contribution in [0.4, 0.5) is 5.69 Å². The summed E-state index contributed by atoms with van der Waals surface area (Å²) >= 11 is 3.43. The smallest absolute Gasteiger partial charge is 0.238 e. The Balaban J connectivity index is 1.87. The van der Waals surface area contributed by atoms with Crippen LogP contribution >= 0.6 is 15.9 Å². The minimum atomic E-state index is 0.0298. The molecule has 20 heavy (non-hydrogen) atoms. The average Bonchev–Trinajstić information content (AvgIpc) is 2.43. The molecule has 1 amide bonds. The molecule has 1 aromatic rings. The molecule has 1 aliphatic heterocycles. The van der Waals surface area contributed by atoms with Gasteiger partial charge in [-0.3, -0.25) is 9.69 Å². The third kappa shape index (κ3) is 4.04. The van der Waals surface area contributed by atoms with E-state index in [2.05, 4.69) is 33.1 Å². The number of hydrogen-bond acceptors (Lipinski definition) is 3. The van der Waals surface area contributed by atoms with E-state index in [4.69, 9.17) is 5.73 Å². The SMILES string of the molecule is CC1CCN(CC(=O)Nc2ccccc2Br)CC1CN. The van der Waals surface area contributed by atoms with Gasteiger partial charge in [0.2, 0.25) is 5.91 Å². The first-order valence-corrected chi connectivity index (χ1v) is 7.86. The van der Waals surface area contributed by atoms with E-state index < -0.39 is 0 Å². The lowest BCUT2D eigenvalue weighted by molar-refractivity contribution is -0.117. The van der Waals surface area contributed by atoms with Gasteiger partial charge in [-0.05, 0) is 59.4 Å². The molecule has 0 saturated carbocycles. The minimum Gasteiger partial charge on any atom is -0.330 e. The molecular weight excluding hydrogens is 318 g/mol. The van der Waals surface area contributed by atoms with Crippen LogP contribution in [-0.4, -0.2) is 37.0 Å². The van der Waals surface area contributed by atoms with Crippen LogP contribution in [0, 0.1) is 11.8 Å². The Labute approximate surface area is 128 Å². The molecule has 1 saturated heterocycles. The Kier molecular flexibility index (Phi) is 5.57. The van der Waals surface area contributed by atoms with Crippen molar-refractivity contribution < 1.29 is 4.79 Å². The zero-order chi connectivity index (χ0) is 14.5. The number of nitrogens with zero attached hydrogens (tertiary/aromatic N) is 1. The van der Waals surface area contributed by atoms with Gasteiger partial charge in [0.05, 0.1) is 12.2 Å². The third-order valence-corrected chi connectivity index (χ3v) is 4.71. The molecule has 3 N–H and O–H groups in total. The standard InChI is InChI=1S/C15H22BrN3O/c1-11-6-7-19(9-12(11)8-17)10-15(20)18-14-5-3-2-4-13(14)16/h2-5,11-12H,6-10,17H2,1H3,(H,18,20). The molecule has 2 atom stereocenters. The highest BCUT2D eigenvalue weighted by molar-refractivity contribution is 9.10. The summed E-state index contributed by atoms with van der Waals surface area (Å²) < 4.78 is 0.903. The number of halogens is 1. The molecule has 0 aromatic heterocycles. The third-order valence-electron chi connectivity index (χ3n) is 4.02. The largest absolute Gasteiger partial charge is 0.330 e. The predicted octanol–water partition coefficient (Wildman–Crippen LogP) is 2.30. The molecule has 1 heterocycles. The number of nitrogens with one attached hydrogen (secondary N) is 1. The minimum absolute atomic E-state index is 0.0298. The van der Waals surface area contributed by atoms with E-state index in [9.17, 15) is 4.79 Å². The molecule has 0 bridgehead atoms. The van der Waals surface area contributed by atoms with Gasteiger partial charge in [-0.15, -0.1) is 0 Å². The first kappa shape index (κ1) is 15.5. The maximum Gasteiger partial charge on any atom is 0.238 e. The molecule has 5 heteroatoms. The number of anilines is 1. The maximum absolute atomic E-state index is 12.1. The summed E-state index contributed by atoms with van der Waals surface area (Å²) in [4.78, 5) is 14.3. The summed E-state index contributed by atoms with van der Waals surface area (Å²) in [5.41, 5.74) is 6.61. The maximum atomic E-state index is 12.1. The van der Waals surface area contributed by atoms with Crippen LogP contribution in [0.3, 0.4) is 0 Å². The van der Waals surface area contributed by atoms with Crippen LogP contribution < -0.4 is 11.1 Å². The molecular formula is C15H22BrN3O. The van der Waals surface area contributed by atoms with Crippen molar-refractivity contribution in [3.05, 3.63) is 28.7 Å². The molecule has 2 unspecified atom stereocenters. The average molecular weight is 340 g/mol. The predicted molar refractivity (Wildman–Crippen MR) is 85.5 cm³/mol. The van der Waals surface area contributed by atoms with E-state index in [1.165, 1.54) is 0 Å². The van der Waals surface area contributed by atoms with E-state index in [-0.39, 0.29) is 5.91 Å². The number of hydrogen-bond donors (Lipinski definition) is 2. The summed E-state index contributed by atoms with van der Waals surface area (Å²) in [7, 11) is 0. The van der Waals surface area contributed by atoms with Gasteiger partial charge < -0.3 is 11.1 Å². The first-order valence-electron chi connectivity index (χ1n) is 7.07. The molecule has 1 fully saturated rings. The van der Waals surface area contributed by atoms with Crippen molar-refractivity contribution in [1.82, 2.24) is 4.90 Å². The molecule has 0 aliphatic carbocycles. The van der Waals surface area contributed by atoms with Crippen LogP contribution in [0.1, 0.15) is 13.3 Å². The van der Waals surface area contributed by atoms with Crippen LogP contribution in [0.2, 0.25) is 0 Å². The van der Waals surface area contributed by atoms with Crippen LogP contribution in [0.25, 0.3) is 0 Å². The van der Waals surface area contributed by atoms with Crippen molar-refractivity contribution in [2.75, 3.05) is 31.5 Å². The topological polar surface area (TPSA) is 58.4 Å². The van der Waals surface area contributed by atoms with Crippen LogP contribution in [0.15, 0.2) is 28.7 Å². The summed E-state index contributed by atoms with van der Waals surface area (Å²) in [6.45, 7) is 5.27. The van der Waals surface area contributed by atoms with Crippen molar-refractivity contribution in [2.24, 2.45) is 17.6 Å². The fourth-order valence-corrected chi connectivity index (χ4v) is 3.01. The Morgan fingerprint density at radius 3 is 2.95 bits per heavy atom. The van der Waals surface area contributed by atoms with E-state index in [0.717, 1.165) is 29.7 Å². The second-order valence-electron chi connectivity index (χ2n) is 5.52. The second kappa shape index (κ2) is 7.20. The summed E-state index contributed by atoms with van der Waals surface area (Å²) in [5, 5.41) is 2.94. The van der Waals surface area contributed by atoms with Gasteiger partial charge >= 0.3 is 0 Å². The number of benzene rings is 1. The number of carbonyl (C=O) groups is 1. The Morgan fingerprint density at radius 1 is 1.50 bits per heavy atom. The number of carbonyl (C=O) groups excluding carboxylic acids is 1. The Hall–Kier alpha value is -0.910.